The number of likely N-dealkylation sites (N-methyl/N-ethyl adjacent to an activating group) is 1. The van der Waals surface area contributed by atoms with Crippen molar-refractivity contribution < 1.29 is 4.74 Å². The van der Waals surface area contributed by atoms with E-state index in [9.17, 15) is 0 Å². The molecule has 1 aromatic rings. The zero-order valence-corrected chi connectivity index (χ0v) is 12.1. The molecule has 0 bridgehead atoms. The second-order valence-electron chi connectivity index (χ2n) is 5.77. The summed E-state index contributed by atoms with van der Waals surface area (Å²) in [4.78, 5) is 2.34. The Morgan fingerprint density at radius 1 is 1.42 bits per heavy atom. The molecule has 1 aromatic carbocycles. The third kappa shape index (κ3) is 4.30. The van der Waals surface area contributed by atoms with Gasteiger partial charge in [-0.2, -0.15) is 0 Å². The third-order valence-electron chi connectivity index (χ3n) is 3.92. The second kappa shape index (κ2) is 7.04. The van der Waals surface area contributed by atoms with Crippen LogP contribution in [0, 0.1) is 12.8 Å². The molecule has 0 radical (unpaired) electrons. The van der Waals surface area contributed by atoms with Gasteiger partial charge in [0.25, 0.3) is 0 Å². The highest BCUT2D eigenvalue weighted by Gasteiger charge is 2.18. The van der Waals surface area contributed by atoms with Crippen LogP contribution < -0.4 is 5.73 Å². The zero-order valence-electron chi connectivity index (χ0n) is 12.1. The summed E-state index contributed by atoms with van der Waals surface area (Å²) in [6, 6.07) is 8.49. The average molecular weight is 262 g/mol. The molecule has 2 N–H and O–H groups in total. The van der Waals surface area contributed by atoms with Gasteiger partial charge >= 0.3 is 0 Å². The lowest BCUT2D eigenvalue weighted by molar-refractivity contribution is 0.0414. The van der Waals surface area contributed by atoms with Crippen molar-refractivity contribution in [2.45, 2.75) is 25.8 Å². The Kier molecular flexibility index (Phi) is 5.37. The molecule has 19 heavy (non-hydrogen) atoms. The topological polar surface area (TPSA) is 38.5 Å². The van der Waals surface area contributed by atoms with E-state index in [1.165, 1.54) is 24.0 Å². The first kappa shape index (κ1) is 14.5. The summed E-state index contributed by atoms with van der Waals surface area (Å²) < 4.78 is 5.53. The van der Waals surface area contributed by atoms with Crippen LogP contribution in [0.2, 0.25) is 0 Å². The molecule has 1 fully saturated rings. The normalized spacial score (nSPS) is 21.6. The first-order valence-electron chi connectivity index (χ1n) is 7.24. The van der Waals surface area contributed by atoms with E-state index in [2.05, 4.69) is 43.1 Å². The fourth-order valence-corrected chi connectivity index (χ4v) is 2.90. The van der Waals surface area contributed by atoms with Crippen LogP contribution in [0.3, 0.4) is 0 Å². The highest BCUT2D eigenvalue weighted by Crippen LogP contribution is 2.18. The molecule has 1 saturated heterocycles. The van der Waals surface area contributed by atoms with Crippen molar-refractivity contribution in [2.24, 2.45) is 11.7 Å². The highest BCUT2D eigenvalue weighted by molar-refractivity contribution is 5.28. The van der Waals surface area contributed by atoms with Gasteiger partial charge in [-0.1, -0.05) is 24.3 Å². The summed E-state index contributed by atoms with van der Waals surface area (Å²) in [5.41, 5.74) is 8.87. The van der Waals surface area contributed by atoms with Crippen molar-refractivity contribution in [3.63, 3.8) is 0 Å². The summed E-state index contributed by atoms with van der Waals surface area (Å²) >= 11 is 0. The summed E-state index contributed by atoms with van der Waals surface area (Å²) in [7, 11) is 2.16. The maximum atomic E-state index is 6.33. The maximum absolute atomic E-state index is 6.33. The molecule has 0 aromatic heterocycles. The largest absolute Gasteiger partial charge is 0.381 e. The number of hydrogen-bond acceptors (Lipinski definition) is 3. The Labute approximate surface area is 116 Å². The SMILES string of the molecule is Cc1ccccc1C(N)CN(C)CC1CCCOC1. The Bertz CT molecular complexity index is 388. The molecule has 106 valence electrons. The second-order valence-corrected chi connectivity index (χ2v) is 5.77. The van der Waals surface area contributed by atoms with Crippen molar-refractivity contribution in [1.29, 1.82) is 0 Å². The van der Waals surface area contributed by atoms with Crippen LogP contribution in [0.5, 0.6) is 0 Å². The molecule has 1 heterocycles. The van der Waals surface area contributed by atoms with E-state index in [0.717, 1.165) is 26.3 Å². The molecule has 3 heteroatoms. The van der Waals surface area contributed by atoms with Crippen LogP contribution >= 0.6 is 0 Å². The van der Waals surface area contributed by atoms with E-state index in [1.807, 2.05) is 0 Å². The van der Waals surface area contributed by atoms with Crippen LogP contribution in [0.15, 0.2) is 24.3 Å². The van der Waals surface area contributed by atoms with E-state index in [4.69, 9.17) is 10.5 Å². The van der Waals surface area contributed by atoms with Crippen molar-refractivity contribution >= 4 is 0 Å². The molecule has 2 unspecified atom stereocenters. The Morgan fingerprint density at radius 3 is 2.89 bits per heavy atom. The number of hydrogen-bond donors (Lipinski definition) is 1. The molecular formula is C16H26N2O. The van der Waals surface area contributed by atoms with Gasteiger partial charge < -0.3 is 15.4 Å². The summed E-state index contributed by atoms with van der Waals surface area (Å²) in [6.07, 6.45) is 2.48. The van der Waals surface area contributed by atoms with Crippen molar-refractivity contribution in [1.82, 2.24) is 4.90 Å². The number of rotatable bonds is 5. The van der Waals surface area contributed by atoms with Gasteiger partial charge in [0.05, 0.1) is 6.61 Å². The lowest BCUT2D eigenvalue weighted by Crippen LogP contribution is -2.35. The predicted octanol–water partition coefficient (Wildman–Crippen LogP) is 2.35. The number of ether oxygens (including phenoxy) is 1. The number of nitrogens with two attached hydrogens (primary N) is 1. The molecule has 1 aliphatic heterocycles. The molecule has 2 atom stereocenters. The smallest absolute Gasteiger partial charge is 0.0506 e. The van der Waals surface area contributed by atoms with Crippen molar-refractivity contribution in [3.8, 4) is 0 Å². The van der Waals surface area contributed by atoms with Gasteiger partial charge in [-0.25, -0.2) is 0 Å². The van der Waals surface area contributed by atoms with Gasteiger partial charge in [0.2, 0.25) is 0 Å². The molecule has 0 saturated carbocycles. The summed E-state index contributed by atoms with van der Waals surface area (Å²) in [6.45, 7) is 5.96. The third-order valence-corrected chi connectivity index (χ3v) is 3.92. The van der Waals surface area contributed by atoms with Crippen LogP contribution in [0.25, 0.3) is 0 Å². The number of nitrogens with zero attached hydrogens (tertiary/aromatic N) is 1. The number of benzene rings is 1. The van der Waals surface area contributed by atoms with Gasteiger partial charge in [0.15, 0.2) is 0 Å². The van der Waals surface area contributed by atoms with Gasteiger partial charge in [-0.3, -0.25) is 0 Å². The van der Waals surface area contributed by atoms with E-state index in [0.29, 0.717) is 5.92 Å². The van der Waals surface area contributed by atoms with Crippen LogP contribution in [-0.2, 0) is 4.74 Å². The van der Waals surface area contributed by atoms with Gasteiger partial charge in [0.1, 0.15) is 0 Å². The van der Waals surface area contributed by atoms with Crippen LogP contribution in [0.1, 0.15) is 30.0 Å². The highest BCUT2D eigenvalue weighted by atomic mass is 16.5. The molecular weight excluding hydrogens is 236 g/mol. The van der Waals surface area contributed by atoms with E-state index in [1.54, 1.807) is 0 Å². The summed E-state index contributed by atoms with van der Waals surface area (Å²) in [5.74, 6) is 0.669. The lowest BCUT2D eigenvalue weighted by Gasteiger charge is -2.29. The Hall–Kier alpha value is -0.900. The van der Waals surface area contributed by atoms with Crippen LogP contribution in [0.4, 0.5) is 0 Å². The maximum Gasteiger partial charge on any atom is 0.0506 e. The van der Waals surface area contributed by atoms with Crippen molar-refractivity contribution in [3.05, 3.63) is 35.4 Å². The lowest BCUT2D eigenvalue weighted by atomic mass is 9.99. The molecule has 2 rings (SSSR count). The van der Waals surface area contributed by atoms with E-state index in [-0.39, 0.29) is 6.04 Å². The van der Waals surface area contributed by atoms with Crippen molar-refractivity contribution in [2.75, 3.05) is 33.4 Å². The monoisotopic (exact) mass is 262 g/mol. The van der Waals surface area contributed by atoms with Gasteiger partial charge in [-0.15, -0.1) is 0 Å². The Balaban J connectivity index is 1.84. The molecule has 0 spiro atoms. The van der Waals surface area contributed by atoms with E-state index >= 15 is 0 Å². The minimum Gasteiger partial charge on any atom is -0.381 e. The minimum atomic E-state index is 0.0932. The molecule has 0 aliphatic carbocycles. The fourth-order valence-electron chi connectivity index (χ4n) is 2.90. The molecule has 0 amide bonds. The zero-order chi connectivity index (χ0) is 13.7. The number of aryl methyl sites for hydroxylation is 1. The first-order valence-corrected chi connectivity index (χ1v) is 7.24. The van der Waals surface area contributed by atoms with Crippen LogP contribution in [-0.4, -0.2) is 38.3 Å². The first-order chi connectivity index (χ1) is 9.16. The fraction of sp³-hybridized carbons (Fsp3) is 0.625. The minimum absolute atomic E-state index is 0.0932. The molecule has 1 aliphatic rings. The Morgan fingerprint density at radius 2 is 2.21 bits per heavy atom. The van der Waals surface area contributed by atoms with E-state index < -0.39 is 0 Å². The van der Waals surface area contributed by atoms with Gasteiger partial charge in [0, 0.05) is 25.7 Å². The van der Waals surface area contributed by atoms with Gasteiger partial charge in [-0.05, 0) is 43.9 Å². The standard InChI is InChI=1S/C16H26N2O/c1-13-6-3-4-8-15(13)16(17)11-18(2)10-14-7-5-9-19-12-14/h3-4,6,8,14,16H,5,7,9-12,17H2,1-2H3. The molecule has 3 nitrogen and oxygen atoms in total. The quantitative estimate of drug-likeness (QED) is 0.885. The summed E-state index contributed by atoms with van der Waals surface area (Å²) in [5, 5.41) is 0. The average Bonchev–Trinajstić information content (AvgIpc) is 2.40. The predicted molar refractivity (Wildman–Crippen MR) is 79.1 cm³/mol.